The van der Waals surface area contributed by atoms with Crippen molar-refractivity contribution < 1.29 is 0 Å². The average Bonchev–Trinajstić information content (AvgIpc) is 2.62. The van der Waals surface area contributed by atoms with Crippen LogP contribution in [0.2, 0.25) is 0 Å². The third-order valence-corrected chi connectivity index (χ3v) is 3.81. The van der Waals surface area contributed by atoms with E-state index in [4.69, 9.17) is 4.98 Å². The Labute approximate surface area is 110 Å². The quantitative estimate of drug-likeness (QED) is 0.825. The van der Waals surface area contributed by atoms with Crippen molar-refractivity contribution in [2.45, 2.75) is 65.3 Å². The summed E-state index contributed by atoms with van der Waals surface area (Å²) >= 11 is 0. The van der Waals surface area contributed by atoms with Crippen LogP contribution in [-0.2, 0) is 12.8 Å². The number of hydrogen-bond donors (Lipinski definition) is 0. The highest BCUT2D eigenvalue weighted by Gasteiger charge is 2.20. The van der Waals surface area contributed by atoms with Crippen LogP contribution in [0.25, 0.3) is 0 Å². The van der Waals surface area contributed by atoms with Crippen LogP contribution in [0.5, 0.6) is 0 Å². The Morgan fingerprint density at radius 1 is 1.06 bits per heavy atom. The SMILES string of the molecule is CCc1nnc(N2CCCCCC2C)nc1CC. The largest absolute Gasteiger partial charge is 0.337 e. The van der Waals surface area contributed by atoms with Crippen molar-refractivity contribution in [1.82, 2.24) is 15.2 Å². The number of aryl methyl sites for hydroxylation is 2. The second kappa shape index (κ2) is 6.12. The average molecular weight is 248 g/mol. The van der Waals surface area contributed by atoms with Crippen molar-refractivity contribution in [2.24, 2.45) is 0 Å². The maximum Gasteiger partial charge on any atom is 0.245 e. The third kappa shape index (κ3) is 2.79. The minimum absolute atomic E-state index is 0.534. The first-order valence-corrected chi connectivity index (χ1v) is 7.25. The molecule has 1 saturated heterocycles. The highest BCUT2D eigenvalue weighted by Crippen LogP contribution is 2.21. The van der Waals surface area contributed by atoms with Crippen LogP contribution >= 0.6 is 0 Å². The molecule has 18 heavy (non-hydrogen) atoms. The molecule has 1 fully saturated rings. The van der Waals surface area contributed by atoms with Gasteiger partial charge in [-0.2, -0.15) is 5.10 Å². The van der Waals surface area contributed by atoms with Gasteiger partial charge in [0.1, 0.15) is 0 Å². The van der Waals surface area contributed by atoms with Crippen LogP contribution in [0, 0.1) is 0 Å². The van der Waals surface area contributed by atoms with E-state index in [1.807, 2.05) is 0 Å². The minimum Gasteiger partial charge on any atom is -0.337 e. The van der Waals surface area contributed by atoms with Gasteiger partial charge in [0, 0.05) is 12.6 Å². The van der Waals surface area contributed by atoms with Crippen molar-refractivity contribution in [3.63, 3.8) is 0 Å². The monoisotopic (exact) mass is 248 g/mol. The molecule has 0 amide bonds. The summed E-state index contributed by atoms with van der Waals surface area (Å²) in [6.45, 7) is 7.59. The van der Waals surface area contributed by atoms with Crippen LogP contribution in [0.3, 0.4) is 0 Å². The Hall–Kier alpha value is -1.19. The maximum atomic E-state index is 4.73. The highest BCUT2D eigenvalue weighted by atomic mass is 15.3. The van der Waals surface area contributed by atoms with E-state index in [1.54, 1.807) is 0 Å². The van der Waals surface area contributed by atoms with Gasteiger partial charge in [-0.05, 0) is 32.6 Å². The Bertz CT molecular complexity index is 391. The van der Waals surface area contributed by atoms with Crippen LogP contribution < -0.4 is 4.90 Å². The summed E-state index contributed by atoms with van der Waals surface area (Å²) in [5, 5.41) is 8.69. The highest BCUT2D eigenvalue weighted by molar-refractivity contribution is 5.32. The number of anilines is 1. The molecule has 4 nitrogen and oxygen atoms in total. The first kappa shape index (κ1) is 13.2. The predicted octanol–water partition coefficient (Wildman–Crippen LogP) is 2.77. The van der Waals surface area contributed by atoms with E-state index in [2.05, 4.69) is 35.9 Å². The van der Waals surface area contributed by atoms with Gasteiger partial charge in [-0.3, -0.25) is 0 Å². The van der Waals surface area contributed by atoms with Crippen molar-refractivity contribution in [1.29, 1.82) is 0 Å². The molecular weight excluding hydrogens is 224 g/mol. The lowest BCUT2D eigenvalue weighted by Crippen LogP contribution is -2.34. The molecular formula is C14H24N4. The molecule has 1 aromatic heterocycles. The summed E-state index contributed by atoms with van der Waals surface area (Å²) in [5.41, 5.74) is 2.16. The van der Waals surface area contributed by atoms with Crippen LogP contribution in [0.1, 0.15) is 57.8 Å². The molecule has 2 rings (SSSR count). The zero-order chi connectivity index (χ0) is 13.0. The number of rotatable bonds is 3. The van der Waals surface area contributed by atoms with Gasteiger partial charge in [-0.1, -0.05) is 26.7 Å². The molecule has 1 unspecified atom stereocenters. The van der Waals surface area contributed by atoms with Gasteiger partial charge in [0.15, 0.2) is 0 Å². The van der Waals surface area contributed by atoms with Crippen LogP contribution in [-0.4, -0.2) is 27.8 Å². The Kier molecular flexibility index (Phi) is 4.50. The lowest BCUT2D eigenvalue weighted by molar-refractivity contribution is 0.597. The fourth-order valence-corrected chi connectivity index (χ4v) is 2.62. The van der Waals surface area contributed by atoms with E-state index in [0.717, 1.165) is 36.7 Å². The zero-order valence-corrected chi connectivity index (χ0v) is 11.8. The fourth-order valence-electron chi connectivity index (χ4n) is 2.62. The Morgan fingerprint density at radius 3 is 2.56 bits per heavy atom. The molecule has 0 spiro atoms. The van der Waals surface area contributed by atoms with E-state index < -0.39 is 0 Å². The maximum absolute atomic E-state index is 4.73. The molecule has 2 heterocycles. The summed E-state index contributed by atoms with van der Waals surface area (Å²) in [4.78, 5) is 7.06. The fraction of sp³-hybridized carbons (Fsp3) is 0.786. The Balaban J connectivity index is 2.26. The summed E-state index contributed by atoms with van der Waals surface area (Å²) in [5.74, 6) is 0.832. The van der Waals surface area contributed by atoms with Crippen molar-refractivity contribution in [3.8, 4) is 0 Å². The molecule has 1 aliphatic rings. The molecule has 4 heteroatoms. The molecule has 0 N–H and O–H groups in total. The summed E-state index contributed by atoms with van der Waals surface area (Å²) < 4.78 is 0. The second-order valence-corrected chi connectivity index (χ2v) is 5.10. The normalized spacial score (nSPS) is 20.8. The van der Waals surface area contributed by atoms with Crippen molar-refractivity contribution in [2.75, 3.05) is 11.4 Å². The number of hydrogen-bond acceptors (Lipinski definition) is 4. The van der Waals surface area contributed by atoms with E-state index >= 15 is 0 Å². The van der Waals surface area contributed by atoms with Crippen LogP contribution in [0.4, 0.5) is 5.95 Å². The van der Waals surface area contributed by atoms with E-state index in [-0.39, 0.29) is 0 Å². The molecule has 0 aromatic carbocycles. The molecule has 1 aliphatic heterocycles. The summed E-state index contributed by atoms with van der Waals surface area (Å²) in [6.07, 6.45) is 6.97. The smallest absolute Gasteiger partial charge is 0.245 e. The lowest BCUT2D eigenvalue weighted by atomic mass is 10.1. The first-order chi connectivity index (χ1) is 8.76. The molecule has 0 aliphatic carbocycles. The lowest BCUT2D eigenvalue weighted by Gasteiger charge is -2.27. The topological polar surface area (TPSA) is 41.9 Å². The van der Waals surface area contributed by atoms with E-state index in [0.29, 0.717) is 6.04 Å². The number of aromatic nitrogens is 3. The molecule has 0 bridgehead atoms. The third-order valence-electron chi connectivity index (χ3n) is 3.81. The standard InChI is InChI=1S/C14H24N4/c1-4-12-13(5-2)16-17-14(15-12)18-10-8-6-7-9-11(18)3/h11H,4-10H2,1-3H3. The first-order valence-electron chi connectivity index (χ1n) is 7.25. The van der Waals surface area contributed by atoms with Gasteiger partial charge in [0.05, 0.1) is 11.4 Å². The molecule has 0 saturated carbocycles. The van der Waals surface area contributed by atoms with Gasteiger partial charge in [-0.15, -0.1) is 5.10 Å². The molecule has 0 radical (unpaired) electrons. The van der Waals surface area contributed by atoms with Gasteiger partial charge >= 0.3 is 0 Å². The number of nitrogens with zero attached hydrogens (tertiary/aromatic N) is 4. The van der Waals surface area contributed by atoms with E-state index in [9.17, 15) is 0 Å². The minimum atomic E-state index is 0.534. The molecule has 100 valence electrons. The summed E-state index contributed by atoms with van der Waals surface area (Å²) in [7, 11) is 0. The van der Waals surface area contributed by atoms with Crippen LogP contribution in [0.15, 0.2) is 0 Å². The summed E-state index contributed by atoms with van der Waals surface area (Å²) in [6, 6.07) is 0.534. The van der Waals surface area contributed by atoms with Gasteiger partial charge in [0.2, 0.25) is 5.95 Å². The second-order valence-electron chi connectivity index (χ2n) is 5.10. The van der Waals surface area contributed by atoms with Gasteiger partial charge in [-0.25, -0.2) is 4.98 Å². The molecule has 1 atom stereocenters. The van der Waals surface area contributed by atoms with E-state index in [1.165, 1.54) is 25.7 Å². The van der Waals surface area contributed by atoms with Gasteiger partial charge < -0.3 is 4.90 Å². The van der Waals surface area contributed by atoms with Crippen molar-refractivity contribution >= 4 is 5.95 Å². The Morgan fingerprint density at radius 2 is 1.83 bits per heavy atom. The van der Waals surface area contributed by atoms with Crippen molar-refractivity contribution in [3.05, 3.63) is 11.4 Å². The molecule has 1 aromatic rings. The predicted molar refractivity (Wildman–Crippen MR) is 73.9 cm³/mol. The van der Waals surface area contributed by atoms with Gasteiger partial charge in [0.25, 0.3) is 0 Å². The zero-order valence-electron chi connectivity index (χ0n) is 11.8.